The molecule has 1 aliphatic carbocycles. The standard InChI is InChI=1S/C21H16F3N5O3S/c1-26-17(31)13-4-3-11(8-16(13)30)29-19(33)28(18(32)20(29)5-2-6-20)12-7-14(21(22,23)24)15(9-25)27-10-12/h3-4,7-8,10,30H,2,5-6H2,1H3,(H,26,31). The van der Waals surface area contributed by atoms with E-state index < -0.39 is 34.8 Å². The molecule has 4 rings (SSSR count). The summed E-state index contributed by atoms with van der Waals surface area (Å²) in [5, 5.41) is 21.6. The van der Waals surface area contributed by atoms with Crippen molar-refractivity contribution in [2.75, 3.05) is 16.8 Å². The number of phenols is 1. The van der Waals surface area contributed by atoms with E-state index in [0.717, 1.165) is 11.1 Å². The summed E-state index contributed by atoms with van der Waals surface area (Å²) in [6.45, 7) is 0. The van der Waals surface area contributed by atoms with Gasteiger partial charge in [0.1, 0.15) is 17.4 Å². The zero-order valence-electron chi connectivity index (χ0n) is 17.1. The number of aromatic hydroxyl groups is 1. The van der Waals surface area contributed by atoms with Gasteiger partial charge in [0.25, 0.3) is 11.8 Å². The monoisotopic (exact) mass is 475 g/mol. The number of anilines is 2. The zero-order chi connectivity index (χ0) is 24.1. The summed E-state index contributed by atoms with van der Waals surface area (Å²) < 4.78 is 40.3. The molecule has 2 amide bonds. The van der Waals surface area contributed by atoms with Crippen LogP contribution in [0.4, 0.5) is 24.5 Å². The Hall–Kier alpha value is -3.72. The van der Waals surface area contributed by atoms with Crippen LogP contribution in [0.25, 0.3) is 0 Å². The summed E-state index contributed by atoms with van der Waals surface area (Å²) in [5.41, 5.74) is -3.08. The molecule has 0 unspecified atom stereocenters. The average Bonchev–Trinajstić information content (AvgIpc) is 2.98. The minimum atomic E-state index is -4.85. The number of nitriles is 1. The number of carbonyl (C=O) groups excluding carboxylic acids is 2. The SMILES string of the molecule is CNC(=O)c1ccc(N2C(=S)N(c3cnc(C#N)c(C(F)(F)F)c3)C(=O)C23CCC3)cc1O. The Balaban J connectivity index is 1.80. The van der Waals surface area contributed by atoms with Gasteiger partial charge in [-0.15, -0.1) is 0 Å². The number of hydrogen-bond donors (Lipinski definition) is 2. The Morgan fingerprint density at radius 2 is 2.00 bits per heavy atom. The molecule has 2 fully saturated rings. The van der Waals surface area contributed by atoms with Crippen molar-refractivity contribution in [2.45, 2.75) is 31.0 Å². The molecule has 1 spiro atoms. The lowest BCUT2D eigenvalue weighted by Crippen LogP contribution is -2.55. The van der Waals surface area contributed by atoms with E-state index in [4.69, 9.17) is 17.5 Å². The number of amides is 2. The highest BCUT2D eigenvalue weighted by Crippen LogP contribution is 2.48. The molecule has 170 valence electrons. The van der Waals surface area contributed by atoms with Crippen molar-refractivity contribution in [1.82, 2.24) is 10.3 Å². The summed E-state index contributed by atoms with van der Waals surface area (Å²) >= 11 is 5.50. The second-order valence-electron chi connectivity index (χ2n) is 7.62. The molecule has 1 aliphatic heterocycles. The van der Waals surface area contributed by atoms with Crippen molar-refractivity contribution in [3.05, 3.63) is 47.3 Å². The van der Waals surface area contributed by atoms with Crippen molar-refractivity contribution >= 4 is 40.5 Å². The number of alkyl halides is 3. The molecule has 2 aromatic rings. The van der Waals surface area contributed by atoms with Gasteiger partial charge in [0.2, 0.25) is 0 Å². The molecule has 1 saturated carbocycles. The highest BCUT2D eigenvalue weighted by molar-refractivity contribution is 7.81. The van der Waals surface area contributed by atoms with Gasteiger partial charge in [0.05, 0.1) is 23.0 Å². The van der Waals surface area contributed by atoms with Crippen LogP contribution in [0.1, 0.15) is 40.9 Å². The molecule has 1 aromatic heterocycles. The number of thiocarbonyl (C=S) groups is 1. The molecule has 2 N–H and O–H groups in total. The number of nitrogens with one attached hydrogen (secondary N) is 1. The summed E-state index contributed by atoms with van der Waals surface area (Å²) in [7, 11) is 1.41. The fourth-order valence-corrected chi connectivity index (χ4v) is 4.54. The smallest absolute Gasteiger partial charge is 0.419 e. The van der Waals surface area contributed by atoms with Crippen molar-refractivity contribution in [2.24, 2.45) is 0 Å². The van der Waals surface area contributed by atoms with Crippen LogP contribution in [0.2, 0.25) is 0 Å². The predicted molar refractivity (Wildman–Crippen MR) is 115 cm³/mol. The topological polar surface area (TPSA) is 110 Å². The predicted octanol–water partition coefficient (Wildman–Crippen LogP) is 3.10. The van der Waals surface area contributed by atoms with E-state index in [1.807, 2.05) is 0 Å². The van der Waals surface area contributed by atoms with E-state index in [-0.39, 0.29) is 22.1 Å². The summed E-state index contributed by atoms with van der Waals surface area (Å²) in [6, 6.07) is 6.24. The first kappa shape index (κ1) is 22.5. The summed E-state index contributed by atoms with van der Waals surface area (Å²) in [5.74, 6) is -1.37. The number of phenolic OH excluding ortho intramolecular Hbond substituents is 1. The van der Waals surface area contributed by atoms with Crippen molar-refractivity contribution in [3.8, 4) is 11.8 Å². The largest absolute Gasteiger partial charge is 0.507 e. The number of benzene rings is 1. The van der Waals surface area contributed by atoms with Crippen LogP contribution >= 0.6 is 12.2 Å². The van der Waals surface area contributed by atoms with Gasteiger partial charge in [-0.05, 0) is 49.7 Å². The van der Waals surface area contributed by atoms with Gasteiger partial charge < -0.3 is 15.3 Å². The summed E-state index contributed by atoms with van der Waals surface area (Å²) in [4.78, 5) is 31.4. The number of carbonyl (C=O) groups is 2. The molecule has 8 nitrogen and oxygen atoms in total. The van der Waals surface area contributed by atoms with Crippen LogP contribution in [-0.2, 0) is 11.0 Å². The lowest BCUT2D eigenvalue weighted by molar-refractivity contribution is -0.138. The molecule has 0 bridgehead atoms. The molecule has 0 radical (unpaired) electrons. The Bertz CT molecular complexity index is 1240. The second-order valence-corrected chi connectivity index (χ2v) is 7.99. The normalized spacial score (nSPS) is 17.2. The van der Waals surface area contributed by atoms with Gasteiger partial charge in [0, 0.05) is 18.8 Å². The first-order chi connectivity index (χ1) is 15.5. The van der Waals surface area contributed by atoms with Gasteiger partial charge in [-0.2, -0.15) is 18.4 Å². The van der Waals surface area contributed by atoms with E-state index in [1.165, 1.54) is 36.2 Å². The summed E-state index contributed by atoms with van der Waals surface area (Å²) in [6.07, 6.45) is -2.36. The van der Waals surface area contributed by atoms with E-state index in [9.17, 15) is 27.9 Å². The molecule has 12 heteroatoms. The van der Waals surface area contributed by atoms with Crippen molar-refractivity contribution < 1.29 is 27.9 Å². The van der Waals surface area contributed by atoms with Crippen LogP contribution in [-0.4, -0.2) is 39.6 Å². The van der Waals surface area contributed by atoms with Crippen molar-refractivity contribution in [3.63, 3.8) is 0 Å². The number of nitrogens with zero attached hydrogens (tertiary/aromatic N) is 4. The minimum Gasteiger partial charge on any atom is -0.507 e. The van der Waals surface area contributed by atoms with Crippen LogP contribution < -0.4 is 15.1 Å². The van der Waals surface area contributed by atoms with E-state index in [2.05, 4.69) is 10.3 Å². The number of hydrogen-bond acceptors (Lipinski definition) is 6. The van der Waals surface area contributed by atoms with Gasteiger partial charge >= 0.3 is 6.18 Å². The molecule has 1 saturated heterocycles. The molecule has 33 heavy (non-hydrogen) atoms. The third kappa shape index (κ3) is 3.36. The molecule has 1 aromatic carbocycles. The number of aromatic nitrogens is 1. The maximum atomic E-state index is 13.4. The molecule has 2 heterocycles. The number of pyridine rings is 1. The van der Waals surface area contributed by atoms with E-state index in [0.29, 0.717) is 31.0 Å². The Morgan fingerprint density at radius 1 is 1.30 bits per heavy atom. The molecule has 0 atom stereocenters. The van der Waals surface area contributed by atoms with Crippen LogP contribution in [0.5, 0.6) is 5.75 Å². The molecular formula is C21H16F3N5O3S. The van der Waals surface area contributed by atoms with E-state index >= 15 is 0 Å². The second kappa shape index (κ2) is 7.70. The van der Waals surface area contributed by atoms with Crippen LogP contribution in [0.15, 0.2) is 30.5 Å². The number of rotatable bonds is 3. The Morgan fingerprint density at radius 3 is 2.52 bits per heavy atom. The van der Waals surface area contributed by atoms with Gasteiger partial charge in [-0.1, -0.05) is 0 Å². The first-order valence-electron chi connectivity index (χ1n) is 9.76. The Labute approximate surface area is 191 Å². The third-order valence-electron chi connectivity index (χ3n) is 5.85. The highest BCUT2D eigenvalue weighted by Gasteiger charge is 2.59. The highest BCUT2D eigenvalue weighted by atomic mass is 32.1. The van der Waals surface area contributed by atoms with Crippen LogP contribution in [0.3, 0.4) is 0 Å². The maximum Gasteiger partial charge on any atom is 0.419 e. The maximum absolute atomic E-state index is 13.4. The quantitative estimate of drug-likeness (QED) is 0.657. The van der Waals surface area contributed by atoms with Gasteiger partial charge in [-0.25, -0.2) is 4.98 Å². The van der Waals surface area contributed by atoms with Gasteiger partial charge in [0.15, 0.2) is 10.8 Å². The fraction of sp³-hybridized carbons (Fsp3) is 0.286. The lowest BCUT2D eigenvalue weighted by Gasteiger charge is -2.43. The van der Waals surface area contributed by atoms with E-state index in [1.54, 1.807) is 0 Å². The molecular weight excluding hydrogens is 459 g/mol. The number of halogens is 3. The Kier molecular flexibility index (Phi) is 5.24. The zero-order valence-corrected chi connectivity index (χ0v) is 17.9. The first-order valence-corrected chi connectivity index (χ1v) is 10.2. The van der Waals surface area contributed by atoms with Crippen molar-refractivity contribution in [1.29, 1.82) is 5.26 Å². The minimum absolute atomic E-state index is 0.0170. The fourth-order valence-electron chi connectivity index (χ4n) is 4.08. The molecule has 2 aliphatic rings. The van der Waals surface area contributed by atoms with Crippen LogP contribution in [0, 0.1) is 11.3 Å². The average molecular weight is 475 g/mol. The lowest BCUT2D eigenvalue weighted by atomic mass is 9.75. The third-order valence-corrected chi connectivity index (χ3v) is 6.21. The van der Waals surface area contributed by atoms with Gasteiger partial charge in [-0.3, -0.25) is 14.5 Å².